The number of pyridine rings is 1. The van der Waals surface area contributed by atoms with E-state index in [2.05, 4.69) is 30.3 Å². The number of anilines is 1. The standard InChI is InChI=1S/C11H12N2S/c1-7-3-4-13-11(12)10(7)9-5-8(2)14-6-9/h3-6H,1-2H3,(H2,12,13). The van der Waals surface area contributed by atoms with Crippen LogP contribution in [0.3, 0.4) is 0 Å². The molecule has 0 saturated carbocycles. The first-order chi connectivity index (χ1) is 6.68. The number of nitrogens with zero attached hydrogens (tertiary/aromatic N) is 1. The zero-order valence-corrected chi connectivity index (χ0v) is 9.06. The number of nitrogens with two attached hydrogens (primary N) is 1. The number of nitrogen functional groups attached to an aromatic ring is 1. The van der Waals surface area contributed by atoms with Crippen LogP contribution in [0.4, 0.5) is 5.82 Å². The minimum Gasteiger partial charge on any atom is -0.383 e. The van der Waals surface area contributed by atoms with Gasteiger partial charge in [0, 0.05) is 16.6 Å². The highest BCUT2D eigenvalue weighted by Gasteiger charge is 2.07. The van der Waals surface area contributed by atoms with Gasteiger partial charge in [0.05, 0.1) is 0 Å². The molecular weight excluding hydrogens is 192 g/mol. The summed E-state index contributed by atoms with van der Waals surface area (Å²) in [6, 6.07) is 4.13. The molecule has 2 aromatic rings. The van der Waals surface area contributed by atoms with Crippen molar-refractivity contribution in [3.05, 3.63) is 34.2 Å². The van der Waals surface area contributed by atoms with E-state index in [9.17, 15) is 0 Å². The predicted octanol–water partition coefficient (Wildman–Crippen LogP) is 3.01. The van der Waals surface area contributed by atoms with E-state index in [0.717, 1.165) is 5.56 Å². The molecule has 0 unspecified atom stereocenters. The van der Waals surface area contributed by atoms with E-state index in [-0.39, 0.29) is 0 Å². The van der Waals surface area contributed by atoms with Crippen LogP contribution in [0.15, 0.2) is 23.7 Å². The summed E-state index contributed by atoms with van der Waals surface area (Å²) in [7, 11) is 0. The van der Waals surface area contributed by atoms with Gasteiger partial charge in [-0.05, 0) is 42.5 Å². The van der Waals surface area contributed by atoms with Crippen LogP contribution in [-0.2, 0) is 0 Å². The van der Waals surface area contributed by atoms with Crippen molar-refractivity contribution in [2.75, 3.05) is 5.73 Å². The molecule has 0 aliphatic carbocycles. The van der Waals surface area contributed by atoms with Gasteiger partial charge in [-0.25, -0.2) is 4.98 Å². The Morgan fingerprint density at radius 2 is 2.14 bits per heavy atom. The van der Waals surface area contributed by atoms with Gasteiger partial charge in [0.15, 0.2) is 0 Å². The highest BCUT2D eigenvalue weighted by Crippen LogP contribution is 2.30. The molecule has 2 heterocycles. The molecule has 2 aromatic heterocycles. The number of hydrogen-bond donors (Lipinski definition) is 1. The second-order valence-corrected chi connectivity index (χ2v) is 4.45. The first kappa shape index (κ1) is 9.21. The van der Waals surface area contributed by atoms with Crippen molar-refractivity contribution in [2.45, 2.75) is 13.8 Å². The van der Waals surface area contributed by atoms with E-state index in [1.54, 1.807) is 17.5 Å². The van der Waals surface area contributed by atoms with Crippen LogP contribution < -0.4 is 5.73 Å². The first-order valence-corrected chi connectivity index (χ1v) is 5.33. The Hall–Kier alpha value is -1.35. The lowest BCUT2D eigenvalue weighted by Crippen LogP contribution is -1.95. The summed E-state index contributed by atoms with van der Waals surface area (Å²) in [4.78, 5) is 5.40. The maximum Gasteiger partial charge on any atom is 0.131 e. The molecule has 0 amide bonds. The molecule has 0 saturated heterocycles. The zero-order valence-electron chi connectivity index (χ0n) is 8.24. The van der Waals surface area contributed by atoms with Crippen LogP contribution in [0, 0.1) is 13.8 Å². The first-order valence-electron chi connectivity index (χ1n) is 4.45. The number of aromatic nitrogens is 1. The number of rotatable bonds is 1. The fraction of sp³-hybridized carbons (Fsp3) is 0.182. The molecule has 72 valence electrons. The van der Waals surface area contributed by atoms with E-state index < -0.39 is 0 Å². The Labute approximate surface area is 87.4 Å². The van der Waals surface area contributed by atoms with Crippen molar-refractivity contribution < 1.29 is 0 Å². The minimum atomic E-state index is 0.614. The average molecular weight is 204 g/mol. The van der Waals surface area contributed by atoms with Crippen molar-refractivity contribution in [1.82, 2.24) is 4.98 Å². The molecule has 0 aromatic carbocycles. The molecule has 2 nitrogen and oxygen atoms in total. The minimum absolute atomic E-state index is 0.614. The molecule has 14 heavy (non-hydrogen) atoms. The van der Waals surface area contributed by atoms with Gasteiger partial charge in [0.2, 0.25) is 0 Å². The molecular formula is C11H12N2S. The molecule has 0 aliphatic heterocycles. The van der Waals surface area contributed by atoms with Crippen molar-refractivity contribution in [1.29, 1.82) is 0 Å². The number of hydrogen-bond acceptors (Lipinski definition) is 3. The molecule has 0 atom stereocenters. The van der Waals surface area contributed by atoms with Gasteiger partial charge in [-0.2, -0.15) is 0 Å². The summed E-state index contributed by atoms with van der Waals surface area (Å²) in [6.45, 7) is 4.15. The molecule has 0 aliphatic rings. The molecule has 0 radical (unpaired) electrons. The molecule has 0 fully saturated rings. The van der Waals surface area contributed by atoms with E-state index >= 15 is 0 Å². The highest BCUT2D eigenvalue weighted by molar-refractivity contribution is 7.10. The summed E-state index contributed by atoms with van der Waals surface area (Å²) in [5.74, 6) is 0.614. The van der Waals surface area contributed by atoms with Gasteiger partial charge in [-0.1, -0.05) is 0 Å². The lowest BCUT2D eigenvalue weighted by Gasteiger charge is -2.05. The van der Waals surface area contributed by atoms with Crippen LogP contribution in [0.25, 0.3) is 11.1 Å². The number of aryl methyl sites for hydroxylation is 2. The molecule has 2 N–H and O–H groups in total. The summed E-state index contributed by atoms with van der Waals surface area (Å²) in [5, 5.41) is 2.12. The van der Waals surface area contributed by atoms with Gasteiger partial charge in [0.25, 0.3) is 0 Å². The van der Waals surface area contributed by atoms with Crippen molar-refractivity contribution in [3.63, 3.8) is 0 Å². The second kappa shape index (κ2) is 3.42. The van der Waals surface area contributed by atoms with Crippen LogP contribution in [0.2, 0.25) is 0 Å². The topological polar surface area (TPSA) is 38.9 Å². The van der Waals surface area contributed by atoms with E-state index in [4.69, 9.17) is 5.73 Å². The summed E-state index contributed by atoms with van der Waals surface area (Å²) >= 11 is 1.73. The normalized spacial score (nSPS) is 10.4. The Bertz CT molecular complexity index is 440. The Balaban J connectivity index is 2.61. The number of thiophene rings is 1. The van der Waals surface area contributed by atoms with Gasteiger partial charge < -0.3 is 5.73 Å². The highest BCUT2D eigenvalue weighted by atomic mass is 32.1. The summed E-state index contributed by atoms with van der Waals surface area (Å²) in [6.07, 6.45) is 1.74. The van der Waals surface area contributed by atoms with Crippen LogP contribution in [-0.4, -0.2) is 4.98 Å². The SMILES string of the molecule is Cc1cc(-c2c(C)ccnc2N)cs1. The van der Waals surface area contributed by atoms with Crippen LogP contribution in [0.5, 0.6) is 0 Å². The van der Waals surface area contributed by atoms with Crippen LogP contribution in [0.1, 0.15) is 10.4 Å². The van der Waals surface area contributed by atoms with Gasteiger partial charge >= 0.3 is 0 Å². The maximum absolute atomic E-state index is 5.86. The Morgan fingerprint density at radius 3 is 2.71 bits per heavy atom. The summed E-state index contributed by atoms with van der Waals surface area (Å²) < 4.78 is 0. The van der Waals surface area contributed by atoms with E-state index in [0.29, 0.717) is 5.82 Å². The molecule has 3 heteroatoms. The lowest BCUT2D eigenvalue weighted by atomic mass is 10.0. The van der Waals surface area contributed by atoms with Gasteiger partial charge in [-0.3, -0.25) is 0 Å². The molecule has 0 spiro atoms. The van der Waals surface area contributed by atoms with E-state index in [1.165, 1.54) is 16.0 Å². The fourth-order valence-corrected chi connectivity index (χ4v) is 2.22. The summed E-state index contributed by atoms with van der Waals surface area (Å²) in [5.41, 5.74) is 9.28. The van der Waals surface area contributed by atoms with Gasteiger partial charge in [-0.15, -0.1) is 11.3 Å². The van der Waals surface area contributed by atoms with Crippen molar-refractivity contribution in [2.24, 2.45) is 0 Å². The molecule has 2 rings (SSSR count). The fourth-order valence-electron chi connectivity index (χ4n) is 1.53. The Kier molecular flexibility index (Phi) is 2.25. The zero-order chi connectivity index (χ0) is 10.1. The van der Waals surface area contributed by atoms with Crippen molar-refractivity contribution in [3.8, 4) is 11.1 Å². The molecule has 0 bridgehead atoms. The third-order valence-electron chi connectivity index (χ3n) is 2.21. The average Bonchev–Trinajstić information content (AvgIpc) is 2.51. The van der Waals surface area contributed by atoms with Gasteiger partial charge in [0.1, 0.15) is 5.82 Å². The second-order valence-electron chi connectivity index (χ2n) is 3.33. The van der Waals surface area contributed by atoms with E-state index in [1.807, 2.05) is 6.07 Å². The lowest BCUT2D eigenvalue weighted by molar-refractivity contribution is 1.30. The van der Waals surface area contributed by atoms with Crippen LogP contribution >= 0.6 is 11.3 Å². The smallest absolute Gasteiger partial charge is 0.131 e. The predicted molar refractivity (Wildman–Crippen MR) is 61.4 cm³/mol. The monoisotopic (exact) mass is 204 g/mol. The quantitative estimate of drug-likeness (QED) is 0.775. The third kappa shape index (κ3) is 1.51. The van der Waals surface area contributed by atoms with Crippen molar-refractivity contribution >= 4 is 17.2 Å². The maximum atomic E-state index is 5.86. The Morgan fingerprint density at radius 1 is 1.36 bits per heavy atom. The largest absolute Gasteiger partial charge is 0.383 e. The third-order valence-corrected chi connectivity index (χ3v) is 3.07.